The number of ether oxygens (including phenoxy) is 2. The third-order valence-corrected chi connectivity index (χ3v) is 6.29. The lowest BCUT2D eigenvalue weighted by molar-refractivity contribution is 0.0392. The largest absolute Gasteiger partial charge is 0.492 e. The van der Waals surface area contributed by atoms with Gasteiger partial charge in [-0.3, -0.25) is 9.89 Å². The highest BCUT2D eigenvalue weighted by Gasteiger charge is 2.17. The van der Waals surface area contributed by atoms with Crippen LogP contribution in [0.4, 0.5) is 0 Å². The number of thiophene rings is 1. The Balaban J connectivity index is 0.00000341. The minimum atomic E-state index is 0. The van der Waals surface area contributed by atoms with Crippen molar-refractivity contribution in [2.24, 2.45) is 4.99 Å². The van der Waals surface area contributed by atoms with Crippen molar-refractivity contribution in [1.29, 1.82) is 0 Å². The highest BCUT2D eigenvalue weighted by molar-refractivity contribution is 14.0. The number of halogens is 1. The fraction of sp³-hybridized carbons (Fsp3) is 0.522. The Bertz CT molecular complexity index is 767. The van der Waals surface area contributed by atoms with E-state index in [4.69, 9.17) is 9.47 Å². The summed E-state index contributed by atoms with van der Waals surface area (Å²) in [6, 6.07) is 13.1. The summed E-state index contributed by atoms with van der Waals surface area (Å²) in [7, 11) is 3.98. The summed E-state index contributed by atoms with van der Waals surface area (Å²) in [5, 5.41) is 8.86. The summed E-state index contributed by atoms with van der Waals surface area (Å²) in [6.07, 6.45) is 3.23. The minimum Gasteiger partial charge on any atom is -0.492 e. The Morgan fingerprint density at radius 2 is 2.06 bits per heavy atom. The summed E-state index contributed by atoms with van der Waals surface area (Å²) in [6.45, 7) is 4.93. The van der Waals surface area contributed by atoms with Gasteiger partial charge in [0.25, 0.3) is 0 Å². The van der Waals surface area contributed by atoms with Crippen molar-refractivity contribution in [2.45, 2.75) is 31.8 Å². The molecule has 0 bridgehead atoms. The first kappa shape index (κ1) is 25.9. The van der Waals surface area contributed by atoms with Crippen LogP contribution in [0.25, 0.3) is 0 Å². The van der Waals surface area contributed by atoms with Crippen LogP contribution in [0.2, 0.25) is 0 Å². The predicted octanol–water partition coefficient (Wildman–Crippen LogP) is 3.76. The zero-order valence-corrected chi connectivity index (χ0v) is 21.7. The molecular weight excluding hydrogens is 523 g/mol. The number of guanidine groups is 1. The van der Waals surface area contributed by atoms with E-state index >= 15 is 0 Å². The Hall–Kier alpha value is -1.36. The van der Waals surface area contributed by atoms with Crippen LogP contribution in [0.15, 0.2) is 46.8 Å². The molecule has 31 heavy (non-hydrogen) atoms. The molecule has 6 nitrogen and oxygen atoms in total. The molecular formula is C23H35IN4O2S. The zero-order valence-electron chi connectivity index (χ0n) is 18.5. The van der Waals surface area contributed by atoms with E-state index in [1.165, 1.54) is 10.4 Å². The highest BCUT2D eigenvalue weighted by atomic mass is 127. The van der Waals surface area contributed by atoms with Crippen molar-refractivity contribution in [2.75, 3.05) is 47.0 Å². The van der Waals surface area contributed by atoms with Crippen LogP contribution in [0.1, 0.15) is 23.3 Å². The smallest absolute Gasteiger partial charge is 0.191 e. The van der Waals surface area contributed by atoms with E-state index in [0.29, 0.717) is 19.2 Å². The van der Waals surface area contributed by atoms with Crippen molar-refractivity contribution in [1.82, 2.24) is 15.5 Å². The Labute approximate surface area is 207 Å². The third-order valence-electron chi connectivity index (χ3n) is 5.35. The van der Waals surface area contributed by atoms with E-state index in [9.17, 15) is 0 Å². The number of hydrogen-bond acceptors (Lipinski definition) is 5. The van der Waals surface area contributed by atoms with Gasteiger partial charge in [0.1, 0.15) is 12.4 Å². The van der Waals surface area contributed by atoms with Crippen LogP contribution in [-0.2, 0) is 17.7 Å². The monoisotopic (exact) mass is 558 g/mol. The van der Waals surface area contributed by atoms with Crippen LogP contribution < -0.4 is 15.4 Å². The first-order chi connectivity index (χ1) is 14.7. The van der Waals surface area contributed by atoms with Crippen molar-refractivity contribution < 1.29 is 9.47 Å². The molecule has 2 N–H and O–H groups in total. The van der Waals surface area contributed by atoms with E-state index in [1.54, 1.807) is 18.4 Å². The summed E-state index contributed by atoms with van der Waals surface area (Å²) in [5.74, 6) is 1.73. The number of benzene rings is 1. The summed E-state index contributed by atoms with van der Waals surface area (Å²) in [4.78, 5) is 8.08. The first-order valence-electron chi connectivity index (χ1n) is 10.7. The highest BCUT2D eigenvalue weighted by Crippen LogP contribution is 2.15. The molecule has 1 saturated heterocycles. The molecule has 0 spiro atoms. The van der Waals surface area contributed by atoms with Crippen LogP contribution in [0.5, 0.6) is 5.75 Å². The Kier molecular flexibility index (Phi) is 12.2. The molecule has 0 radical (unpaired) electrons. The van der Waals surface area contributed by atoms with Crippen molar-refractivity contribution >= 4 is 41.3 Å². The van der Waals surface area contributed by atoms with Gasteiger partial charge in [0.2, 0.25) is 0 Å². The first-order valence-corrected chi connectivity index (χ1v) is 11.6. The lowest BCUT2D eigenvalue weighted by Gasteiger charge is -2.31. The number of aliphatic imine (C=N–C) groups is 1. The van der Waals surface area contributed by atoms with Gasteiger partial charge in [0.15, 0.2) is 5.96 Å². The summed E-state index contributed by atoms with van der Waals surface area (Å²) < 4.78 is 11.4. The molecule has 1 aromatic carbocycles. The summed E-state index contributed by atoms with van der Waals surface area (Å²) in [5.41, 5.74) is 1.17. The second kappa shape index (κ2) is 14.7. The molecule has 0 saturated carbocycles. The molecule has 2 aromatic rings. The second-order valence-electron chi connectivity index (χ2n) is 7.50. The number of nitrogens with zero attached hydrogens (tertiary/aromatic N) is 2. The van der Waals surface area contributed by atoms with E-state index in [-0.39, 0.29) is 24.0 Å². The number of likely N-dealkylation sites (N-methyl/N-ethyl adjacent to an activating group) is 1. The maximum Gasteiger partial charge on any atom is 0.191 e. The van der Waals surface area contributed by atoms with Crippen LogP contribution in [0.3, 0.4) is 0 Å². The molecule has 1 fully saturated rings. The maximum atomic E-state index is 6.00. The standard InChI is InChI=1S/C23H34N4O2S.HI/c1-24-23(25-11-8-22-7-4-16-30-22)26-18-19-5-3-6-21(17-19)29-15-12-27(2)20-9-13-28-14-10-20;/h3-7,16-17,20H,8-15,18H2,1-2H3,(H2,24,25,26);1H. The fourth-order valence-electron chi connectivity index (χ4n) is 3.53. The molecule has 1 aromatic heterocycles. The van der Waals surface area contributed by atoms with Crippen LogP contribution >= 0.6 is 35.3 Å². The molecule has 3 rings (SSSR count). The number of nitrogens with one attached hydrogen (secondary N) is 2. The zero-order chi connectivity index (χ0) is 21.0. The van der Waals surface area contributed by atoms with Crippen molar-refractivity contribution in [3.8, 4) is 5.75 Å². The Morgan fingerprint density at radius 3 is 2.81 bits per heavy atom. The van der Waals surface area contributed by atoms with Gasteiger partial charge in [-0.1, -0.05) is 18.2 Å². The van der Waals surface area contributed by atoms with Gasteiger partial charge in [-0.2, -0.15) is 0 Å². The van der Waals surface area contributed by atoms with Crippen LogP contribution in [-0.4, -0.2) is 63.9 Å². The fourth-order valence-corrected chi connectivity index (χ4v) is 4.24. The molecule has 0 aliphatic carbocycles. The molecule has 0 atom stereocenters. The topological polar surface area (TPSA) is 58.1 Å². The third kappa shape index (κ3) is 9.34. The van der Waals surface area contributed by atoms with Gasteiger partial charge in [-0.05, 0) is 55.5 Å². The van der Waals surface area contributed by atoms with Crippen molar-refractivity contribution in [3.05, 3.63) is 52.2 Å². The average molecular weight is 559 g/mol. The van der Waals surface area contributed by atoms with E-state index in [1.807, 2.05) is 12.1 Å². The second-order valence-corrected chi connectivity index (χ2v) is 8.53. The molecule has 172 valence electrons. The number of rotatable bonds is 10. The van der Waals surface area contributed by atoms with Crippen molar-refractivity contribution in [3.63, 3.8) is 0 Å². The predicted molar refractivity (Wildman–Crippen MR) is 140 cm³/mol. The molecule has 1 aliphatic rings. The minimum absolute atomic E-state index is 0. The normalized spacial score (nSPS) is 14.9. The lowest BCUT2D eigenvalue weighted by atomic mass is 10.1. The molecule has 2 heterocycles. The van der Waals surface area contributed by atoms with Gasteiger partial charge >= 0.3 is 0 Å². The SMILES string of the molecule is CN=C(NCCc1cccs1)NCc1cccc(OCCN(C)C2CCOCC2)c1.I. The van der Waals surface area contributed by atoms with Gasteiger partial charge < -0.3 is 20.1 Å². The van der Waals surface area contributed by atoms with Gasteiger partial charge in [0, 0.05) is 50.8 Å². The maximum absolute atomic E-state index is 6.00. The quantitative estimate of drug-likeness (QED) is 0.264. The van der Waals surface area contributed by atoms with Crippen LogP contribution in [0, 0.1) is 0 Å². The molecule has 8 heteroatoms. The molecule has 1 aliphatic heterocycles. The molecule has 0 unspecified atom stereocenters. The van der Waals surface area contributed by atoms with E-state index in [0.717, 1.165) is 57.3 Å². The number of hydrogen-bond donors (Lipinski definition) is 2. The molecule has 0 amide bonds. The van der Waals surface area contributed by atoms with E-state index in [2.05, 4.69) is 57.2 Å². The lowest BCUT2D eigenvalue weighted by Crippen LogP contribution is -2.38. The Morgan fingerprint density at radius 1 is 1.23 bits per heavy atom. The van der Waals surface area contributed by atoms with Gasteiger partial charge in [-0.15, -0.1) is 35.3 Å². The van der Waals surface area contributed by atoms with Gasteiger partial charge in [-0.25, -0.2) is 0 Å². The summed E-state index contributed by atoms with van der Waals surface area (Å²) >= 11 is 1.79. The van der Waals surface area contributed by atoms with E-state index < -0.39 is 0 Å². The average Bonchev–Trinajstić information content (AvgIpc) is 3.30. The van der Waals surface area contributed by atoms with Gasteiger partial charge in [0.05, 0.1) is 0 Å².